The molecule has 3 rings (SSSR count). The van der Waals surface area contributed by atoms with Crippen LogP contribution in [0, 0.1) is 5.82 Å². The summed E-state index contributed by atoms with van der Waals surface area (Å²) in [6.45, 7) is 4.08. The number of nitrogens with zero attached hydrogens (tertiary/aromatic N) is 1. The van der Waals surface area contributed by atoms with Gasteiger partial charge in [-0.1, -0.05) is 13.8 Å². The number of carbonyl (C=O) groups is 1. The maximum absolute atomic E-state index is 13.7. The Hall–Kier alpha value is -1.49. The van der Waals surface area contributed by atoms with Crippen LogP contribution < -0.4 is 0 Å². The number of carboxylic acid groups (broad SMARTS) is 1. The van der Waals surface area contributed by atoms with Crippen LogP contribution in [0.5, 0.6) is 0 Å². The SMILES string of the molecule is CC1(C)CCc2c1nc1cc(F)c(Br)cc1c2C(=O)O. The fourth-order valence-corrected chi connectivity index (χ4v) is 3.24. The summed E-state index contributed by atoms with van der Waals surface area (Å²) >= 11 is 3.11. The third-order valence-corrected chi connectivity index (χ3v) is 4.59. The monoisotopic (exact) mass is 337 g/mol. The van der Waals surface area contributed by atoms with E-state index in [0.29, 0.717) is 17.3 Å². The van der Waals surface area contributed by atoms with Crippen molar-refractivity contribution >= 4 is 32.8 Å². The minimum Gasteiger partial charge on any atom is -0.478 e. The molecule has 20 heavy (non-hydrogen) atoms. The van der Waals surface area contributed by atoms with Crippen molar-refractivity contribution in [3.8, 4) is 0 Å². The predicted octanol–water partition coefficient (Wildman–Crippen LogP) is 4.06. The molecule has 1 aromatic carbocycles. The summed E-state index contributed by atoms with van der Waals surface area (Å²) in [6, 6.07) is 2.80. The van der Waals surface area contributed by atoms with E-state index in [9.17, 15) is 14.3 Å². The number of fused-ring (bicyclic) bond motifs is 2. The van der Waals surface area contributed by atoms with Gasteiger partial charge < -0.3 is 5.11 Å². The van der Waals surface area contributed by atoms with Crippen molar-refractivity contribution in [1.29, 1.82) is 0 Å². The van der Waals surface area contributed by atoms with Crippen molar-refractivity contribution in [3.05, 3.63) is 39.2 Å². The van der Waals surface area contributed by atoms with Gasteiger partial charge in [0.2, 0.25) is 0 Å². The molecular formula is C15H13BrFNO2. The second-order valence-electron chi connectivity index (χ2n) is 5.79. The summed E-state index contributed by atoms with van der Waals surface area (Å²) in [5, 5.41) is 10.0. The molecule has 0 saturated carbocycles. The van der Waals surface area contributed by atoms with E-state index in [0.717, 1.165) is 17.7 Å². The fourth-order valence-electron chi connectivity index (χ4n) is 2.90. The van der Waals surface area contributed by atoms with Crippen molar-refractivity contribution in [2.24, 2.45) is 0 Å². The van der Waals surface area contributed by atoms with Crippen LogP contribution >= 0.6 is 15.9 Å². The highest BCUT2D eigenvalue weighted by molar-refractivity contribution is 9.10. The van der Waals surface area contributed by atoms with Crippen molar-refractivity contribution in [2.45, 2.75) is 32.1 Å². The molecule has 2 aromatic rings. The second-order valence-corrected chi connectivity index (χ2v) is 6.64. The van der Waals surface area contributed by atoms with Gasteiger partial charge in [0.15, 0.2) is 0 Å². The standard InChI is InChI=1S/C15H13BrFNO2/c1-15(2)4-3-7-12(14(19)20)8-5-9(16)10(17)6-11(8)18-13(7)15/h5-6H,3-4H2,1-2H3,(H,19,20). The van der Waals surface area contributed by atoms with E-state index in [2.05, 4.69) is 20.9 Å². The lowest BCUT2D eigenvalue weighted by molar-refractivity contribution is 0.0698. The van der Waals surface area contributed by atoms with Crippen LogP contribution in [-0.2, 0) is 11.8 Å². The molecule has 0 saturated heterocycles. The Balaban J connectivity index is 2.47. The molecule has 0 amide bonds. The highest BCUT2D eigenvalue weighted by atomic mass is 79.9. The maximum Gasteiger partial charge on any atom is 0.336 e. The Labute approximate surface area is 124 Å². The molecule has 5 heteroatoms. The van der Waals surface area contributed by atoms with Crippen LogP contribution in [0.3, 0.4) is 0 Å². The lowest BCUT2D eigenvalue weighted by Gasteiger charge is -2.19. The zero-order chi connectivity index (χ0) is 14.7. The van der Waals surface area contributed by atoms with E-state index in [-0.39, 0.29) is 15.5 Å². The average Bonchev–Trinajstić information content (AvgIpc) is 2.64. The largest absolute Gasteiger partial charge is 0.478 e. The van der Waals surface area contributed by atoms with Crippen LogP contribution in [-0.4, -0.2) is 16.1 Å². The van der Waals surface area contributed by atoms with Gasteiger partial charge in [0.05, 0.1) is 21.2 Å². The number of hydrogen-bond donors (Lipinski definition) is 1. The Bertz CT molecular complexity index is 755. The summed E-state index contributed by atoms with van der Waals surface area (Å²) < 4.78 is 13.9. The Morgan fingerprint density at radius 3 is 2.80 bits per heavy atom. The Kier molecular flexibility index (Phi) is 2.87. The van der Waals surface area contributed by atoms with Crippen LogP contribution in [0.15, 0.2) is 16.6 Å². The number of aromatic nitrogens is 1. The third kappa shape index (κ3) is 1.84. The first kappa shape index (κ1) is 13.5. The van der Waals surface area contributed by atoms with E-state index < -0.39 is 11.8 Å². The van der Waals surface area contributed by atoms with Gasteiger partial charge in [-0.15, -0.1) is 0 Å². The molecule has 0 radical (unpaired) electrons. The number of benzene rings is 1. The van der Waals surface area contributed by atoms with E-state index in [1.165, 1.54) is 12.1 Å². The fraction of sp³-hybridized carbons (Fsp3) is 0.333. The van der Waals surface area contributed by atoms with E-state index >= 15 is 0 Å². The van der Waals surface area contributed by atoms with E-state index in [1.54, 1.807) is 0 Å². The van der Waals surface area contributed by atoms with Crippen molar-refractivity contribution in [2.75, 3.05) is 0 Å². The summed E-state index contributed by atoms with van der Waals surface area (Å²) in [5.74, 6) is -1.41. The molecule has 1 N–H and O–H groups in total. The molecule has 1 aromatic heterocycles. The topological polar surface area (TPSA) is 50.2 Å². The molecule has 0 fully saturated rings. The summed E-state index contributed by atoms with van der Waals surface area (Å²) in [6.07, 6.45) is 1.55. The van der Waals surface area contributed by atoms with Crippen LogP contribution in [0.4, 0.5) is 4.39 Å². The zero-order valence-electron chi connectivity index (χ0n) is 11.1. The molecule has 1 aliphatic carbocycles. The smallest absolute Gasteiger partial charge is 0.336 e. The molecule has 0 aliphatic heterocycles. The average molecular weight is 338 g/mol. The quantitative estimate of drug-likeness (QED) is 0.853. The maximum atomic E-state index is 13.7. The molecule has 1 aliphatic rings. The molecule has 1 heterocycles. The highest BCUT2D eigenvalue weighted by Gasteiger charge is 2.35. The summed E-state index contributed by atoms with van der Waals surface area (Å²) in [5.41, 5.74) is 2.06. The second kappa shape index (κ2) is 4.25. The van der Waals surface area contributed by atoms with Gasteiger partial charge in [-0.3, -0.25) is 4.98 Å². The lowest BCUT2D eigenvalue weighted by atomic mass is 9.89. The van der Waals surface area contributed by atoms with Crippen molar-refractivity contribution in [3.63, 3.8) is 0 Å². The Morgan fingerprint density at radius 2 is 2.15 bits per heavy atom. The van der Waals surface area contributed by atoms with Gasteiger partial charge in [-0.2, -0.15) is 0 Å². The first-order valence-electron chi connectivity index (χ1n) is 6.36. The third-order valence-electron chi connectivity index (χ3n) is 3.98. The number of aromatic carboxylic acids is 1. The van der Waals surface area contributed by atoms with Gasteiger partial charge in [-0.25, -0.2) is 9.18 Å². The number of carboxylic acids is 1. The highest BCUT2D eigenvalue weighted by Crippen LogP contribution is 2.41. The van der Waals surface area contributed by atoms with Crippen LogP contribution in [0.1, 0.15) is 41.9 Å². The van der Waals surface area contributed by atoms with Gasteiger partial charge in [-0.05, 0) is 40.4 Å². The first-order valence-corrected chi connectivity index (χ1v) is 7.16. The summed E-state index contributed by atoms with van der Waals surface area (Å²) in [7, 11) is 0. The predicted molar refractivity (Wildman–Crippen MR) is 77.7 cm³/mol. The van der Waals surface area contributed by atoms with E-state index in [4.69, 9.17) is 0 Å². The molecule has 0 atom stereocenters. The number of hydrogen-bond acceptors (Lipinski definition) is 2. The number of rotatable bonds is 1. The molecule has 0 spiro atoms. The molecule has 0 unspecified atom stereocenters. The summed E-state index contributed by atoms with van der Waals surface area (Å²) in [4.78, 5) is 16.2. The molecular weight excluding hydrogens is 325 g/mol. The van der Waals surface area contributed by atoms with Crippen LogP contribution in [0.25, 0.3) is 10.9 Å². The number of halogens is 2. The van der Waals surface area contributed by atoms with Crippen molar-refractivity contribution in [1.82, 2.24) is 4.98 Å². The molecule has 0 bridgehead atoms. The zero-order valence-corrected chi connectivity index (χ0v) is 12.7. The van der Waals surface area contributed by atoms with E-state index in [1.807, 2.05) is 13.8 Å². The minimum absolute atomic E-state index is 0.169. The van der Waals surface area contributed by atoms with Gasteiger partial charge in [0.25, 0.3) is 0 Å². The first-order chi connectivity index (χ1) is 9.31. The van der Waals surface area contributed by atoms with Gasteiger partial charge in [0, 0.05) is 16.9 Å². The minimum atomic E-state index is -0.982. The number of pyridine rings is 1. The normalized spacial score (nSPS) is 16.4. The molecule has 3 nitrogen and oxygen atoms in total. The van der Waals surface area contributed by atoms with Crippen molar-refractivity contribution < 1.29 is 14.3 Å². The van der Waals surface area contributed by atoms with Gasteiger partial charge in [0.1, 0.15) is 5.82 Å². The Morgan fingerprint density at radius 1 is 1.45 bits per heavy atom. The van der Waals surface area contributed by atoms with Gasteiger partial charge >= 0.3 is 5.97 Å². The van der Waals surface area contributed by atoms with Crippen LogP contribution in [0.2, 0.25) is 0 Å². The lowest BCUT2D eigenvalue weighted by Crippen LogP contribution is -2.15. The molecule has 104 valence electrons.